The first-order valence-electron chi connectivity index (χ1n) is 6.87. The lowest BCUT2D eigenvalue weighted by Gasteiger charge is -2.21. The van der Waals surface area contributed by atoms with Gasteiger partial charge in [0.05, 0.1) is 10.0 Å². The third kappa shape index (κ3) is 4.01. The summed E-state index contributed by atoms with van der Waals surface area (Å²) in [5.41, 5.74) is 1.23. The molecule has 0 spiro atoms. The van der Waals surface area contributed by atoms with Crippen LogP contribution in [0.25, 0.3) is 0 Å². The van der Waals surface area contributed by atoms with E-state index in [1.165, 1.54) is 37.9 Å². The Labute approximate surface area is 132 Å². The fourth-order valence-corrected chi connectivity index (χ4v) is 3.19. The van der Waals surface area contributed by atoms with Crippen molar-refractivity contribution >= 4 is 35.6 Å². The summed E-state index contributed by atoms with van der Waals surface area (Å²) in [6.07, 6.45) is 3.65. The summed E-state index contributed by atoms with van der Waals surface area (Å²) < 4.78 is 0. The van der Waals surface area contributed by atoms with Crippen molar-refractivity contribution in [2.45, 2.75) is 45.1 Å². The fraction of sp³-hybridized carbons (Fsp3) is 0.600. The van der Waals surface area contributed by atoms with Crippen LogP contribution in [0.15, 0.2) is 18.2 Å². The maximum atomic E-state index is 6.30. The lowest BCUT2D eigenvalue weighted by molar-refractivity contribution is 0.260. The van der Waals surface area contributed by atoms with Gasteiger partial charge in [-0.1, -0.05) is 49.2 Å². The number of nitrogens with zero attached hydrogens (tertiary/aromatic N) is 1. The quantitative estimate of drug-likeness (QED) is 0.678. The molecule has 1 aliphatic rings. The van der Waals surface area contributed by atoms with Gasteiger partial charge in [-0.15, -0.1) is 12.4 Å². The highest BCUT2D eigenvalue weighted by atomic mass is 35.5. The zero-order valence-electron chi connectivity index (χ0n) is 11.5. The van der Waals surface area contributed by atoms with E-state index in [9.17, 15) is 0 Å². The molecule has 4 heteroatoms. The van der Waals surface area contributed by atoms with Crippen molar-refractivity contribution < 1.29 is 0 Å². The third-order valence-corrected chi connectivity index (χ3v) is 4.46. The molecular formula is C15H22Cl3N. The summed E-state index contributed by atoms with van der Waals surface area (Å²) >= 11 is 12.4. The maximum absolute atomic E-state index is 6.30. The second-order valence-electron chi connectivity index (χ2n) is 5.09. The highest BCUT2D eigenvalue weighted by molar-refractivity contribution is 6.42. The molecule has 108 valence electrons. The summed E-state index contributed by atoms with van der Waals surface area (Å²) in [5, 5.41) is 1.43. The van der Waals surface area contributed by atoms with Crippen molar-refractivity contribution in [3.05, 3.63) is 33.8 Å². The molecule has 2 rings (SSSR count). The van der Waals surface area contributed by atoms with Gasteiger partial charge in [0, 0.05) is 12.0 Å². The fourth-order valence-electron chi connectivity index (χ4n) is 2.74. The molecule has 0 N–H and O–H groups in total. The van der Waals surface area contributed by atoms with Crippen LogP contribution in [0.5, 0.6) is 0 Å². The Balaban J connectivity index is 0.00000180. The minimum absolute atomic E-state index is 0. The van der Waals surface area contributed by atoms with Crippen molar-refractivity contribution in [2.24, 2.45) is 0 Å². The van der Waals surface area contributed by atoms with E-state index >= 15 is 0 Å². The molecule has 1 aromatic rings. The Kier molecular flexibility index (Phi) is 6.96. The van der Waals surface area contributed by atoms with Gasteiger partial charge >= 0.3 is 0 Å². The van der Waals surface area contributed by atoms with Crippen LogP contribution in [0, 0.1) is 0 Å². The van der Waals surface area contributed by atoms with Crippen molar-refractivity contribution in [2.75, 3.05) is 13.1 Å². The van der Waals surface area contributed by atoms with Crippen molar-refractivity contribution in [1.82, 2.24) is 4.90 Å². The topological polar surface area (TPSA) is 3.24 Å². The Morgan fingerprint density at radius 1 is 1.16 bits per heavy atom. The molecule has 0 aromatic heterocycles. The van der Waals surface area contributed by atoms with Crippen molar-refractivity contribution in [1.29, 1.82) is 0 Å². The minimum atomic E-state index is 0. The molecule has 2 atom stereocenters. The first-order valence-corrected chi connectivity index (χ1v) is 7.62. The van der Waals surface area contributed by atoms with Crippen LogP contribution < -0.4 is 0 Å². The van der Waals surface area contributed by atoms with Gasteiger partial charge in [0.1, 0.15) is 0 Å². The zero-order valence-corrected chi connectivity index (χ0v) is 13.9. The Bertz CT molecular complexity index is 402. The Morgan fingerprint density at radius 3 is 2.37 bits per heavy atom. The molecule has 0 amide bonds. The molecular weight excluding hydrogens is 301 g/mol. The van der Waals surface area contributed by atoms with Crippen LogP contribution in [0.4, 0.5) is 0 Å². The Hall–Kier alpha value is 0.0500. The van der Waals surface area contributed by atoms with Crippen LogP contribution in [0.2, 0.25) is 10.0 Å². The van der Waals surface area contributed by atoms with Crippen LogP contribution >= 0.6 is 35.6 Å². The summed E-state index contributed by atoms with van der Waals surface area (Å²) in [7, 11) is 0. The summed E-state index contributed by atoms with van der Waals surface area (Å²) in [5.74, 6) is 0.578. The molecule has 0 aliphatic heterocycles. The lowest BCUT2D eigenvalue weighted by Crippen LogP contribution is -2.28. The molecule has 0 saturated heterocycles. The molecule has 0 heterocycles. The molecule has 1 nitrogen and oxygen atoms in total. The molecule has 1 aromatic carbocycles. The number of hydrogen-bond acceptors (Lipinski definition) is 1. The van der Waals surface area contributed by atoms with Gasteiger partial charge in [-0.3, -0.25) is 4.90 Å². The van der Waals surface area contributed by atoms with E-state index in [1.807, 2.05) is 12.1 Å². The highest BCUT2D eigenvalue weighted by Gasteiger charge is 2.43. The van der Waals surface area contributed by atoms with E-state index < -0.39 is 0 Å². The predicted octanol–water partition coefficient (Wildman–Crippen LogP) is 5.39. The van der Waals surface area contributed by atoms with Crippen molar-refractivity contribution in [3.63, 3.8) is 0 Å². The number of hydrogen-bond donors (Lipinski definition) is 0. The van der Waals surface area contributed by atoms with E-state index in [1.54, 1.807) is 0 Å². The van der Waals surface area contributed by atoms with Crippen LogP contribution in [0.1, 0.15) is 44.6 Å². The second kappa shape index (κ2) is 7.73. The SMILES string of the molecule is CCCN(CCC)C1CC1c1cccc(Cl)c1Cl.Cl. The monoisotopic (exact) mass is 321 g/mol. The molecule has 0 bridgehead atoms. The molecule has 2 unspecified atom stereocenters. The van der Waals surface area contributed by atoms with Crippen LogP contribution in [-0.4, -0.2) is 24.0 Å². The molecule has 19 heavy (non-hydrogen) atoms. The van der Waals surface area contributed by atoms with Gasteiger partial charge in [-0.2, -0.15) is 0 Å². The van der Waals surface area contributed by atoms with E-state index in [0.717, 1.165) is 5.02 Å². The van der Waals surface area contributed by atoms with E-state index in [-0.39, 0.29) is 12.4 Å². The first-order chi connectivity index (χ1) is 8.69. The van der Waals surface area contributed by atoms with E-state index in [2.05, 4.69) is 24.8 Å². The molecule has 0 radical (unpaired) electrons. The van der Waals surface area contributed by atoms with Crippen LogP contribution in [0.3, 0.4) is 0 Å². The summed E-state index contributed by atoms with van der Waals surface area (Å²) in [6, 6.07) is 6.65. The second-order valence-corrected chi connectivity index (χ2v) is 5.87. The number of rotatable bonds is 6. The normalized spacial score (nSPS) is 21.3. The molecule has 1 saturated carbocycles. The third-order valence-electron chi connectivity index (χ3n) is 3.63. The standard InChI is InChI=1S/C15H21Cl2N.ClH/c1-3-8-18(9-4-2)14-10-12(14)11-6-5-7-13(16)15(11)17;/h5-7,12,14H,3-4,8-10H2,1-2H3;1H. The van der Waals surface area contributed by atoms with Gasteiger partial charge < -0.3 is 0 Å². The van der Waals surface area contributed by atoms with Crippen molar-refractivity contribution in [3.8, 4) is 0 Å². The first kappa shape index (κ1) is 17.1. The average Bonchev–Trinajstić information content (AvgIpc) is 3.12. The number of halogens is 3. The number of benzene rings is 1. The van der Waals surface area contributed by atoms with Gasteiger partial charge in [-0.25, -0.2) is 0 Å². The van der Waals surface area contributed by atoms with Crippen LogP contribution in [-0.2, 0) is 0 Å². The minimum Gasteiger partial charge on any atom is -0.300 e. The summed E-state index contributed by atoms with van der Waals surface area (Å²) in [6.45, 7) is 6.86. The van der Waals surface area contributed by atoms with Gasteiger partial charge in [0.25, 0.3) is 0 Å². The van der Waals surface area contributed by atoms with E-state index in [0.29, 0.717) is 17.0 Å². The summed E-state index contributed by atoms with van der Waals surface area (Å²) in [4.78, 5) is 2.60. The van der Waals surface area contributed by atoms with Gasteiger partial charge in [-0.05, 0) is 44.0 Å². The maximum Gasteiger partial charge on any atom is 0.0627 e. The highest BCUT2D eigenvalue weighted by Crippen LogP contribution is 2.48. The zero-order chi connectivity index (χ0) is 13.1. The smallest absolute Gasteiger partial charge is 0.0627 e. The van der Waals surface area contributed by atoms with Gasteiger partial charge in [0.2, 0.25) is 0 Å². The predicted molar refractivity (Wildman–Crippen MR) is 87.0 cm³/mol. The average molecular weight is 323 g/mol. The molecule has 1 fully saturated rings. The van der Waals surface area contributed by atoms with E-state index in [4.69, 9.17) is 23.2 Å². The Morgan fingerprint density at radius 2 is 1.79 bits per heavy atom. The largest absolute Gasteiger partial charge is 0.300 e. The lowest BCUT2D eigenvalue weighted by atomic mass is 10.1. The molecule has 1 aliphatic carbocycles. The van der Waals surface area contributed by atoms with Gasteiger partial charge in [0.15, 0.2) is 0 Å².